The molecule has 34 heavy (non-hydrogen) atoms. The smallest absolute Gasteiger partial charge is 0.262 e. The van der Waals surface area contributed by atoms with E-state index in [1.165, 1.54) is 0 Å². The first-order valence-corrected chi connectivity index (χ1v) is 11.0. The minimum atomic E-state index is -0.421. The van der Waals surface area contributed by atoms with Crippen molar-refractivity contribution >= 4 is 17.3 Å². The van der Waals surface area contributed by atoms with Crippen molar-refractivity contribution in [3.63, 3.8) is 0 Å². The Morgan fingerprint density at radius 1 is 1.00 bits per heavy atom. The molecular weight excluding hydrogens is 430 g/mol. The van der Waals surface area contributed by atoms with Gasteiger partial charge < -0.3 is 19.3 Å². The summed E-state index contributed by atoms with van der Waals surface area (Å²) in [6.45, 7) is 4.07. The minimum absolute atomic E-state index is 0.0664. The van der Waals surface area contributed by atoms with Crippen LogP contribution in [0.3, 0.4) is 0 Å². The van der Waals surface area contributed by atoms with Gasteiger partial charge in [-0.05, 0) is 55.8 Å². The van der Waals surface area contributed by atoms with Crippen molar-refractivity contribution in [2.45, 2.75) is 26.6 Å². The van der Waals surface area contributed by atoms with Gasteiger partial charge in [0.05, 0.1) is 23.9 Å². The molecule has 1 aliphatic heterocycles. The van der Waals surface area contributed by atoms with E-state index in [0.29, 0.717) is 23.7 Å². The average molecular weight is 456 g/mol. The topological polar surface area (TPSA) is 76.8 Å². The van der Waals surface area contributed by atoms with E-state index in [1.54, 1.807) is 12.0 Å². The van der Waals surface area contributed by atoms with Crippen molar-refractivity contribution in [2.24, 2.45) is 0 Å². The van der Waals surface area contributed by atoms with E-state index >= 15 is 0 Å². The molecule has 5 rings (SSSR count). The lowest BCUT2D eigenvalue weighted by Gasteiger charge is -2.38. The molecule has 0 aliphatic carbocycles. The van der Waals surface area contributed by atoms with Crippen molar-refractivity contribution in [1.29, 1.82) is 0 Å². The Morgan fingerprint density at radius 3 is 2.50 bits per heavy atom. The summed E-state index contributed by atoms with van der Waals surface area (Å²) in [4.78, 5) is 15.3. The highest BCUT2D eigenvalue weighted by Gasteiger charge is 2.34. The zero-order valence-corrected chi connectivity index (χ0v) is 19.2. The molecule has 0 unspecified atom stereocenters. The molecule has 0 spiro atoms. The third kappa shape index (κ3) is 3.85. The normalized spacial score (nSPS) is 15.0. The monoisotopic (exact) mass is 455 g/mol. The van der Waals surface area contributed by atoms with E-state index in [0.717, 1.165) is 34.0 Å². The number of amides is 1. The molecule has 3 aromatic carbocycles. The van der Waals surface area contributed by atoms with Crippen molar-refractivity contribution in [3.05, 3.63) is 101 Å². The number of nitrogens with zero attached hydrogens (tertiary/aromatic N) is 2. The third-order valence-corrected chi connectivity index (χ3v) is 6.02. The molecule has 0 radical (unpaired) electrons. The highest BCUT2D eigenvalue weighted by atomic mass is 16.5. The van der Waals surface area contributed by atoms with E-state index in [9.17, 15) is 4.79 Å². The third-order valence-electron chi connectivity index (χ3n) is 6.02. The van der Waals surface area contributed by atoms with E-state index < -0.39 is 6.17 Å². The Bertz CT molecular complexity index is 1310. The summed E-state index contributed by atoms with van der Waals surface area (Å²) in [6, 6.07) is 22.9. The van der Waals surface area contributed by atoms with Crippen LogP contribution in [0.25, 0.3) is 0 Å². The first-order valence-electron chi connectivity index (χ1n) is 11.0. The van der Waals surface area contributed by atoms with E-state index in [2.05, 4.69) is 10.5 Å². The van der Waals surface area contributed by atoms with Gasteiger partial charge >= 0.3 is 0 Å². The number of nitrogens with one attached hydrogen (secondary N) is 1. The Hall–Kier alpha value is -4.26. The van der Waals surface area contributed by atoms with Crippen molar-refractivity contribution in [1.82, 2.24) is 5.16 Å². The highest BCUT2D eigenvalue weighted by Crippen LogP contribution is 2.39. The number of methoxy groups -OCH3 is 1. The summed E-state index contributed by atoms with van der Waals surface area (Å²) >= 11 is 0. The van der Waals surface area contributed by atoms with Gasteiger partial charge in [-0.25, -0.2) is 0 Å². The quantitative estimate of drug-likeness (QED) is 0.405. The van der Waals surface area contributed by atoms with Gasteiger partial charge in [0, 0.05) is 11.4 Å². The molecular formula is C27H25N3O4. The van der Waals surface area contributed by atoms with Crippen LogP contribution in [0.5, 0.6) is 11.5 Å². The fourth-order valence-corrected chi connectivity index (χ4v) is 4.17. The van der Waals surface area contributed by atoms with Crippen LogP contribution in [0.4, 0.5) is 11.4 Å². The molecule has 1 aliphatic rings. The van der Waals surface area contributed by atoms with Crippen LogP contribution in [0.1, 0.15) is 39.1 Å². The zero-order chi connectivity index (χ0) is 23.7. The summed E-state index contributed by atoms with van der Waals surface area (Å²) in [7, 11) is 1.60. The van der Waals surface area contributed by atoms with Gasteiger partial charge in [0.1, 0.15) is 18.5 Å². The summed E-state index contributed by atoms with van der Waals surface area (Å²) in [5.41, 5.74) is 4.81. The van der Waals surface area contributed by atoms with Crippen LogP contribution in [0.15, 0.2) is 77.3 Å². The molecule has 4 aromatic rings. The van der Waals surface area contributed by atoms with Crippen molar-refractivity contribution in [2.75, 3.05) is 17.3 Å². The molecule has 1 aromatic heterocycles. The van der Waals surface area contributed by atoms with Gasteiger partial charge in [0.15, 0.2) is 11.5 Å². The molecule has 1 N–H and O–H groups in total. The number of carbonyl (C=O) groups excluding carboxylic acids is 1. The lowest BCUT2D eigenvalue weighted by Crippen LogP contribution is -2.43. The number of aromatic nitrogens is 1. The fraction of sp³-hybridized carbons (Fsp3) is 0.185. The Kier molecular flexibility index (Phi) is 5.67. The molecule has 1 amide bonds. The first kappa shape index (κ1) is 21.6. The number of hydrogen-bond donors (Lipinski definition) is 1. The van der Waals surface area contributed by atoms with Gasteiger partial charge in [0.2, 0.25) is 0 Å². The first-order chi connectivity index (χ1) is 16.6. The maximum Gasteiger partial charge on any atom is 0.262 e. The number of carbonyl (C=O) groups is 1. The fourth-order valence-electron chi connectivity index (χ4n) is 4.17. The van der Waals surface area contributed by atoms with Crippen LogP contribution in [0.2, 0.25) is 0 Å². The summed E-state index contributed by atoms with van der Waals surface area (Å²) in [5, 5.41) is 7.50. The van der Waals surface area contributed by atoms with E-state index in [-0.39, 0.29) is 5.91 Å². The van der Waals surface area contributed by atoms with Crippen molar-refractivity contribution in [3.8, 4) is 11.5 Å². The second kappa shape index (κ2) is 8.94. The number of para-hydroxylation sites is 2. The highest BCUT2D eigenvalue weighted by molar-refractivity contribution is 6.12. The number of benzene rings is 3. The molecule has 0 saturated heterocycles. The molecule has 172 valence electrons. The predicted molar refractivity (Wildman–Crippen MR) is 129 cm³/mol. The standard InChI is InChI=1S/C27H25N3O4/c1-17-22(18(2)34-29-17)16-33-24-14-13-19(15-25(24)32-3)26-28-23-12-8-7-11-21(23)27(31)30(26)20-9-5-4-6-10-20/h4-15,26,28H,16H2,1-3H3/t26-/m0/s1. The van der Waals surface area contributed by atoms with Crippen LogP contribution < -0.4 is 19.7 Å². The lowest BCUT2D eigenvalue weighted by atomic mass is 10.0. The molecule has 7 heteroatoms. The second-order valence-electron chi connectivity index (χ2n) is 8.10. The van der Waals surface area contributed by atoms with Crippen LogP contribution >= 0.6 is 0 Å². The predicted octanol–water partition coefficient (Wildman–Crippen LogP) is 5.65. The number of fused-ring (bicyclic) bond motifs is 1. The van der Waals surface area contributed by atoms with Gasteiger partial charge in [-0.1, -0.05) is 41.6 Å². The van der Waals surface area contributed by atoms with Crippen LogP contribution in [-0.4, -0.2) is 18.2 Å². The van der Waals surface area contributed by atoms with Crippen LogP contribution in [0, 0.1) is 13.8 Å². The number of anilines is 2. The molecule has 7 nitrogen and oxygen atoms in total. The Balaban J connectivity index is 1.50. The van der Waals surface area contributed by atoms with Gasteiger partial charge in [-0.15, -0.1) is 0 Å². The van der Waals surface area contributed by atoms with E-state index in [1.807, 2.05) is 86.6 Å². The number of ether oxygens (including phenoxy) is 2. The maximum absolute atomic E-state index is 13.5. The van der Waals surface area contributed by atoms with Gasteiger partial charge in [0.25, 0.3) is 5.91 Å². The Morgan fingerprint density at radius 2 is 1.76 bits per heavy atom. The Labute approximate surface area is 197 Å². The van der Waals surface area contributed by atoms with Gasteiger partial charge in [-0.2, -0.15) is 0 Å². The van der Waals surface area contributed by atoms with Gasteiger partial charge in [-0.3, -0.25) is 9.69 Å². The molecule has 0 saturated carbocycles. The zero-order valence-electron chi connectivity index (χ0n) is 19.2. The number of rotatable bonds is 6. The molecule has 1 atom stereocenters. The molecule has 2 heterocycles. The maximum atomic E-state index is 13.5. The SMILES string of the molecule is COc1cc([C@H]2Nc3ccccc3C(=O)N2c2ccccc2)ccc1OCc1c(C)noc1C. The minimum Gasteiger partial charge on any atom is -0.493 e. The summed E-state index contributed by atoms with van der Waals surface area (Å²) in [5.74, 6) is 1.84. The molecule has 0 fully saturated rings. The molecule has 0 bridgehead atoms. The van der Waals surface area contributed by atoms with Crippen LogP contribution in [-0.2, 0) is 6.61 Å². The summed E-state index contributed by atoms with van der Waals surface area (Å²) in [6.07, 6.45) is -0.421. The lowest BCUT2D eigenvalue weighted by molar-refractivity contribution is 0.0975. The summed E-state index contributed by atoms with van der Waals surface area (Å²) < 4.78 is 16.9. The largest absolute Gasteiger partial charge is 0.493 e. The number of aryl methyl sites for hydroxylation is 2. The van der Waals surface area contributed by atoms with Crippen molar-refractivity contribution < 1.29 is 18.8 Å². The average Bonchev–Trinajstić information content (AvgIpc) is 3.20. The van der Waals surface area contributed by atoms with E-state index in [4.69, 9.17) is 14.0 Å². The second-order valence-corrected chi connectivity index (χ2v) is 8.10. The number of hydrogen-bond acceptors (Lipinski definition) is 6.